The van der Waals surface area contributed by atoms with Gasteiger partial charge in [0, 0.05) is 37.7 Å². The van der Waals surface area contributed by atoms with Gasteiger partial charge in [0.2, 0.25) is 0 Å². The van der Waals surface area contributed by atoms with Crippen LogP contribution in [0.2, 0.25) is 0 Å². The minimum atomic E-state index is 1.06. The van der Waals surface area contributed by atoms with Crippen molar-refractivity contribution in [1.29, 1.82) is 0 Å². The van der Waals surface area contributed by atoms with Crippen molar-refractivity contribution in [2.45, 2.75) is 4.90 Å². The van der Waals surface area contributed by atoms with Crippen LogP contribution in [0, 0.1) is 0 Å². The maximum atomic E-state index is 4.33. The minimum absolute atomic E-state index is 1.06. The number of benzene rings is 1. The second kappa shape index (κ2) is 3.62. The Morgan fingerprint density at radius 1 is 1.25 bits per heavy atom. The normalized spacial score (nSPS) is 10.4. The van der Waals surface area contributed by atoms with Crippen molar-refractivity contribution in [2.75, 3.05) is 0 Å². The number of fused-ring (bicyclic) bond motifs is 1. The van der Waals surface area contributed by atoms with E-state index < -0.39 is 0 Å². The first-order valence-corrected chi connectivity index (χ1v) is 6.89. The summed E-state index contributed by atoms with van der Waals surface area (Å²) in [5.74, 6) is 0. The second-order valence-electron chi connectivity index (χ2n) is 2.44. The fraction of sp³-hybridized carbons (Fsp3) is 0. The third-order valence-electron chi connectivity index (χ3n) is 1.65. The first-order chi connectivity index (χ1) is 5.90. The monoisotopic (exact) mass is 287 g/mol. The third-order valence-corrected chi connectivity index (χ3v) is 3.58. The summed E-state index contributed by atoms with van der Waals surface area (Å²) in [5, 5.41) is 1.21. The number of rotatable bonds is 1. The highest BCUT2D eigenvalue weighted by molar-refractivity contribution is 14.2. The smallest absolute Gasteiger partial charge is 0.0702 e. The number of hydrogen-bond donors (Lipinski definition) is 0. The van der Waals surface area contributed by atoms with Gasteiger partial charge in [-0.05, 0) is 12.1 Å². The van der Waals surface area contributed by atoms with Gasteiger partial charge in [-0.3, -0.25) is 4.98 Å². The van der Waals surface area contributed by atoms with E-state index in [0.29, 0.717) is 0 Å². The van der Waals surface area contributed by atoms with E-state index in [4.69, 9.17) is 0 Å². The van der Waals surface area contributed by atoms with Crippen LogP contribution in [0.5, 0.6) is 0 Å². The minimum Gasteiger partial charge on any atom is -0.255 e. The topological polar surface area (TPSA) is 12.9 Å². The molecular weight excluding hydrogens is 281 g/mol. The number of aromatic nitrogens is 1. The zero-order chi connectivity index (χ0) is 8.39. The van der Waals surface area contributed by atoms with Crippen LogP contribution in [0.15, 0.2) is 41.4 Å². The summed E-state index contributed by atoms with van der Waals surface area (Å²) in [6, 6.07) is 10.3. The van der Waals surface area contributed by atoms with E-state index in [1.165, 1.54) is 10.3 Å². The van der Waals surface area contributed by atoms with Gasteiger partial charge in [0.05, 0.1) is 5.52 Å². The van der Waals surface area contributed by atoms with Gasteiger partial charge in [-0.25, -0.2) is 0 Å². The van der Waals surface area contributed by atoms with E-state index in [1.54, 1.807) is 8.93 Å². The Bertz CT molecular complexity index is 402. The van der Waals surface area contributed by atoms with Crippen molar-refractivity contribution < 1.29 is 0 Å². The van der Waals surface area contributed by atoms with E-state index in [0.717, 1.165) is 5.52 Å². The van der Waals surface area contributed by atoms with Crippen LogP contribution >= 0.6 is 30.1 Å². The van der Waals surface area contributed by atoms with Crippen molar-refractivity contribution in [2.24, 2.45) is 0 Å². The van der Waals surface area contributed by atoms with Crippen LogP contribution in [0.1, 0.15) is 0 Å². The van der Waals surface area contributed by atoms with Gasteiger partial charge in [-0.15, -0.1) is 0 Å². The largest absolute Gasteiger partial charge is 0.255 e. The Morgan fingerprint density at radius 2 is 2.08 bits per heavy atom. The molecule has 0 radical (unpaired) electrons. The fourth-order valence-corrected chi connectivity index (χ4v) is 2.08. The maximum Gasteiger partial charge on any atom is 0.0702 e. The predicted octanol–water partition coefficient (Wildman–Crippen LogP) is 3.68. The van der Waals surface area contributed by atoms with Gasteiger partial charge in [0.15, 0.2) is 0 Å². The fourth-order valence-electron chi connectivity index (χ4n) is 1.09. The first-order valence-electron chi connectivity index (χ1n) is 3.53. The molecule has 0 saturated heterocycles. The van der Waals surface area contributed by atoms with Crippen molar-refractivity contribution in [3.05, 3.63) is 36.5 Å². The molecule has 2 rings (SSSR count). The van der Waals surface area contributed by atoms with E-state index >= 15 is 0 Å². The lowest BCUT2D eigenvalue weighted by Crippen LogP contribution is -1.77. The quantitative estimate of drug-likeness (QED) is 0.742. The van der Waals surface area contributed by atoms with Crippen LogP contribution < -0.4 is 0 Å². The molecule has 0 bridgehead atoms. The maximum absolute atomic E-state index is 4.33. The Morgan fingerprint density at radius 3 is 2.92 bits per heavy atom. The number of para-hydroxylation sites is 1. The van der Waals surface area contributed by atoms with Crippen LogP contribution in [-0.4, -0.2) is 4.98 Å². The average molecular weight is 287 g/mol. The van der Waals surface area contributed by atoms with Gasteiger partial charge in [0.1, 0.15) is 0 Å². The molecule has 2 aromatic rings. The lowest BCUT2D eigenvalue weighted by Gasteiger charge is -1.97. The zero-order valence-electron chi connectivity index (χ0n) is 6.20. The molecule has 0 unspecified atom stereocenters. The van der Waals surface area contributed by atoms with E-state index in [-0.39, 0.29) is 0 Å². The molecule has 1 heterocycles. The van der Waals surface area contributed by atoms with Crippen LogP contribution in [0.25, 0.3) is 10.9 Å². The molecular formula is C9H6INS. The summed E-state index contributed by atoms with van der Waals surface area (Å²) in [6.07, 6.45) is 1.90. The molecule has 1 nitrogen and oxygen atoms in total. The van der Waals surface area contributed by atoms with Gasteiger partial charge >= 0.3 is 0 Å². The number of hydrogen-bond acceptors (Lipinski definition) is 2. The third kappa shape index (κ3) is 1.56. The molecule has 0 fully saturated rings. The molecule has 0 aliphatic heterocycles. The number of nitrogens with zero attached hydrogens (tertiary/aromatic N) is 1. The summed E-state index contributed by atoms with van der Waals surface area (Å²) < 4.78 is 0. The molecule has 0 saturated carbocycles. The summed E-state index contributed by atoms with van der Waals surface area (Å²) in [7, 11) is 1.69. The van der Waals surface area contributed by atoms with E-state index in [2.05, 4.69) is 38.3 Å². The summed E-state index contributed by atoms with van der Waals surface area (Å²) in [6.45, 7) is 0. The van der Waals surface area contributed by atoms with E-state index in [9.17, 15) is 0 Å². The summed E-state index contributed by atoms with van der Waals surface area (Å²) in [5.41, 5.74) is 1.06. The number of halogens is 1. The van der Waals surface area contributed by atoms with Crippen LogP contribution in [0.4, 0.5) is 0 Å². The van der Waals surface area contributed by atoms with Crippen LogP contribution in [0.3, 0.4) is 0 Å². The van der Waals surface area contributed by atoms with Crippen molar-refractivity contribution in [1.82, 2.24) is 4.98 Å². The lowest BCUT2D eigenvalue weighted by molar-refractivity contribution is 1.31. The molecule has 1 aromatic heterocycles. The highest BCUT2D eigenvalue weighted by Gasteiger charge is 1.94. The second-order valence-corrected chi connectivity index (χ2v) is 4.39. The molecule has 0 aliphatic rings. The van der Waals surface area contributed by atoms with Crippen molar-refractivity contribution >= 4 is 41.0 Å². The first kappa shape index (κ1) is 8.31. The molecule has 0 amide bonds. The molecule has 0 atom stereocenters. The highest BCUT2D eigenvalue weighted by Crippen LogP contribution is 2.26. The van der Waals surface area contributed by atoms with Gasteiger partial charge < -0.3 is 0 Å². The summed E-state index contributed by atoms with van der Waals surface area (Å²) >= 11 is 2.26. The Balaban J connectivity index is 2.67. The lowest BCUT2D eigenvalue weighted by atomic mass is 10.2. The highest BCUT2D eigenvalue weighted by atomic mass is 127. The molecule has 0 N–H and O–H groups in total. The number of pyridine rings is 1. The van der Waals surface area contributed by atoms with Gasteiger partial charge in [0.25, 0.3) is 0 Å². The molecule has 0 aliphatic carbocycles. The van der Waals surface area contributed by atoms with E-state index in [1.807, 2.05) is 24.4 Å². The molecule has 1 aromatic carbocycles. The predicted molar refractivity (Wildman–Crippen MR) is 61.6 cm³/mol. The standard InChI is InChI=1S/C9H6INS/c10-12-8-5-7-3-1-2-4-9(7)11-6-8/h1-6H. The Labute approximate surface area is 87.2 Å². The van der Waals surface area contributed by atoms with Gasteiger partial charge in [-0.2, -0.15) is 0 Å². The Kier molecular flexibility index (Phi) is 2.51. The molecule has 3 heteroatoms. The Hall–Kier alpha value is -0.290. The molecule has 0 spiro atoms. The SMILES string of the molecule is ISc1cnc2ccccc2c1. The molecule has 12 heavy (non-hydrogen) atoms. The zero-order valence-corrected chi connectivity index (χ0v) is 9.17. The average Bonchev–Trinajstić information content (AvgIpc) is 2.17. The molecule has 60 valence electrons. The van der Waals surface area contributed by atoms with Gasteiger partial charge in [-0.1, -0.05) is 27.1 Å². The van der Waals surface area contributed by atoms with Crippen molar-refractivity contribution in [3.8, 4) is 0 Å². The van der Waals surface area contributed by atoms with Crippen LogP contribution in [-0.2, 0) is 0 Å². The van der Waals surface area contributed by atoms with Crippen molar-refractivity contribution in [3.63, 3.8) is 0 Å². The summed E-state index contributed by atoms with van der Waals surface area (Å²) in [4.78, 5) is 5.53.